The van der Waals surface area contributed by atoms with Gasteiger partial charge in [-0.05, 0) is 132 Å². The van der Waals surface area contributed by atoms with Crippen molar-refractivity contribution in [3.05, 3.63) is 30.1 Å². The third-order valence-corrected chi connectivity index (χ3v) is 24.2. The van der Waals surface area contributed by atoms with Crippen LogP contribution in [0, 0.1) is 76.3 Å². The molecule has 0 amide bonds. The zero-order chi connectivity index (χ0) is 66.5. The van der Waals surface area contributed by atoms with Gasteiger partial charge in [-0.2, -0.15) is 0 Å². The normalized spacial score (nSPS) is 45.1. The smallest absolute Gasteiger partial charge is 0.308 e. The lowest BCUT2D eigenvalue weighted by Crippen LogP contribution is -2.74. The van der Waals surface area contributed by atoms with Crippen LogP contribution < -0.4 is 5.32 Å². The van der Waals surface area contributed by atoms with Gasteiger partial charge in [-0.15, -0.1) is 0 Å². The van der Waals surface area contributed by atoms with Gasteiger partial charge in [0.15, 0.2) is 35.7 Å². The Morgan fingerprint density at radius 2 is 0.894 bits per heavy atom. The minimum atomic E-state index is -1.88. The van der Waals surface area contributed by atoms with E-state index in [9.17, 15) is 33.2 Å². The molecule has 24 atom stereocenters. The zero-order valence-corrected chi connectivity index (χ0v) is 55.6. The van der Waals surface area contributed by atoms with Gasteiger partial charge in [-0.3, -0.25) is 28.8 Å². The molecule has 6 bridgehead atoms. The van der Waals surface area contributed by atoms with E-state index >= 15 is 0 Å². The maximum absolute atomic E-state index is 15.0. The fraction of sp³-hybridized carbons (Fsp3) is 0.824. The highest BCUT2D eigenvalue weighted by atomic mass is 19.1. The lowest BCUT2D eigenvalue weighted by Gasteiger charge is -2.65. The van der Waals surface area contributed by atoms with Crippen molar-refractivity contribution in [1.29, 1.82) is 0 Å². The van der Waals surface area contributed by atoms with Gasteiger partial charge in [0.05, 0.1) is 38.5 Å². The van der Waals surface area contributed by atoms with Gasteiger partial charge in [0.25, 0.3) is 0 Å². The predicted molar refractivity (Wildman–Crippen MR) is 317 cm³/mol. The molecule has 12 heterocycles. The molecule has 3 saturated carbocycles. The molecule has 94 heavy (non-hydrogen) atoms. The van der Waals surface area contributed by atoms with Crippen LogP contribution in [0.3, 0.4) is 0 Å². The number of anilines is 1. The van der Waals surface area contributed by atoms with Gasteiger partial charge in [-0.1, -0.05) is 54.5 Å². The first-order valence-electron chi connectivity index (χ1n) is 34.3. The number of benzene rings is 1. The van der Waals surface area contributed by atoms with Crippen molar-refractivity contribution >= 4 is 41.5 Å². The number of ether oxygens (including phenoxy) is 12. The van der Waals surface area contributed by atoms with Crippen LogP contribution in [0.25, 0.3) is 0 Å². The zero-order valence-electron chi connectivity index (χ0n) is 55.6. The highest BCUT2D eigenvalue weighted by molar-refractivity contribution is 5.79. The number of halogens is 1. The highest BCUT2D eigenvalue weighted by Gasteiger charge is 2.76. The Hall–Kier alpha value is -4.71. The van der Waals surface area contributed by atoms with E-state index in [1.165, 1.54) is 18.2 Å². The molecule has 0 unspecified atom stereocenters. The van der Waals surface area contributed by atoms with Crippen molar-refractivity contribution in [3.63, 3.8) is 0 Å². The Labute approximate surface area is 547 Å². The van der Waals surface area contributed by atoms with E-state index in [0.29, 0.717) is 37.0 Å². The van der Waals surface area contributed by atoms with E-state index < -0.39 is 183 Å². The van der Waals surface area contributed by atoms with Gasteiger partial charge >= 0.3 is 35.8 Å². The molecule has 1 aromatic rings. The van der Waals surface area contributed by atoms with Gasteiger partial charge in [-0.25, -0.2) is 33.7 Å². The van der Waals surface area contributed by atoms with E-state index in [0.717, 1.165) is 63.9 Å². The summed E-state index contributed by atoms with van der Waals surface area (Å²) in [6, 6.07) is 5.22. The Morgan fingerprint density at radius 3 is 1.37 bits per heavy atom. The number of nitrogens with one attached hydrogen (secondary N) is 1. The van der Waals surface area contributed by atoms with Crippen molar-refractivity contribution < 1.29 is 119 Å². The molecule has 0 aromatic heterocycles. The first kappa shape index (κ1) is 67.8. The monoisotopic (exact) mass is 1330 g/mol. The molecule has 15 fully saturated rings. The fourth-order valence-electron chi connectivity index (χ4n) is 18.5. The molecule has 3 spiro atoms. The van der Waals surface area contributed by atoms with Crippen LogP contribution in [-0.2, 0) is 115 Å². The van der Waals surface area contributed by atoms with E-state index in [2.05, 4.69) is 33.0 Å². The molecule has 0 radical (unpaired) electrons. The summed E-state index contributed by atoms with van der Waals surface area (Å²) < 4.78 is 89.1. The van der Waals surface area contributed by atoms with Crippen LogP contribution in [-0.4, -0.2) is 133 Å². The van der Waals surface area contributed by atoms with E-state index in [-0.39, 0.29) is 53.0 Å². The molecule has 1 N–H and O–H groups in total. The van der Waals surface area contributed by atoms with Gasteiger partial charge in [0.2, 0.25) is 36.2 Å². The van der Waals surface area contributed by atoms with Crippen molar-refractivity contribution in [2.75, 3.05) is 25.1 Å². The number of fused-ring (bicyclic) bond motifs is 6. The molecule has 1 aromatic carbocycles. The van der Waals surface area contributed by atoms with E-state index in [1.807, 2.05) is 20.8 Å². The van der Waals surface area contributed by atoms with Gasteiger partial charge in [0, 0.05) is 60.0 Å². The topological polar surface area (TPSA) is 281 Å². The first-order valence-corrected chi connectivity index (χ1v) is 34.3. The molecule has 522 valence electrons. The maximum atomic E-state index is 15.0. The van der Waals surface area contributed by atoms with Crippen LogP contribution in [0.5, 0.6) is 0 Å². The molecule has 15 aliphatic rings. The maximum Gasteiger partial charge on any atom is 0.308 e. The summed E-state index contributed by atoms with van der Waals surface area (Å²) in [5.41, 5.74) is -5.12. The van der Waals surface area contributed by atoms with Crippen LogP contribution in [0.2, 0.25) is 0 Å². The average molecular weight is 1330 g/mol. The van der Waals surface area contributed by atoms with Gasteiger partial charge in [0.1, 0.15) is 31.2 Å². The molecule has 12 saturated heterocycles. The number of esters is 6. The lowest BCUT2D eigenvalue weighted by molar-refractivity contribution is -0.586. The largest absolute Gasteiger partial charge is 0.463 e. The molecule has 16 rings (SSSR count). The highest BCUT2D eigenvalue weighted by Crippen LogP contribution is 2.67. The predicted octanol–water partition coefficient (Wildman–Crippen LogP) is 9.59. The van der Waals surface area contributed by atoms with Crippen molar-refractivity contribution in [3.8, 4) is 0 Å². The Kier molecular flexibility index (Phi) is 18.4. The number of hydrogen-bond donors (Lipinski definition) is 1. The second-order valence-corrected chi connectivity index (χ2v) is 30.3. The van der Waals surface area contributed by atoms with Crippen LogP contribution in [0.1, 0.15) is 185 Å². The summed E-state index contributed by atoms with van der Waals surface area (Å²) in [6.45, 7) is 17.8. The quantitative estimate of drug-likeness (QED) is 0.0722. The number of carbonyl (C=O) groups excluding carboxylic acids is 6. The molecular formula is C68H94FNO24. The summed E-state index contributed by atoms with van der Waals surface area (Å²) in [5.74, 6) is -9.03. The standard InChI is InChI=1S/C68H94FNO24/c1-36-14-16-47-39(4)55(83-58-66(47)44(36)25-29-62(8,86-58)89-92-66)80-52(74)21-18-49(71)77-33-65(70-43-13-11-12-42(69)32-43,34-78-50(72)19-22-53(75)81-56-40(5)48-17-15-37(2)45-26-30-63(9)87-59(84-56)67(45,48)93-90-63)35-79-51(73)20-23-54(76)82-57-41(6)61(7)28-24-38(3)46-27-31-64(10)88-60(85-57)68(46,61)94-91-64/h11-13,32,36-41,44-48,55-60,70H,14-31,33-35H2,1-10H3/t36-,37-,38-,39-,40-,41+,44+,45+,46+,47+,48+,55-,56-,57-,58-,59-,60-,61+,62-,63-,64-,66-,67-,68+/m1/s1. The minimum absolute atomic E-state index is 0.0521. The fourth-order valence-corrected chi connectivity index (χ4v) is 18.5. The molecule has 26 heteroatoms. The number of carbonyl (C=O) groups is 6. The molecular weight excluding hydrogens is 1230 g/mol. The van der Waals surface area contributed by atoms with Gasteiger partial charge < -0.3 is 62.2 Å². The van der Waals surface area contributed by atoms with Crippen molar-refractivity contribution in [2.24, 2.45) is 70.5 Å². The summed E-state index contributed by atoms with van der Waals surface area (Å²) in [4.78, 5) is 119. The summed E-state index contributed by atoms with van der Waals surface area (Å²) in [7, 11) is 0. The van der Waals surface area contributed by atoms with Crippen LogP contribution >= 0.6 is 0 Å². The first-order chi connectivity index (χ1) is 44.6. The number of hydrogen-bond acceptors (Lipinski definition) is 25. The molecule has 12 aliphatic heterocycles. The van der Waals surface area contributed by atoms with E-state index in [4.69, 9.17) is 86.2 Å². The van der Waals surface area contributed by atoms with Crippen molar-refractivity contribution in [1.82, 2.24) is 0 Å². The Bertz CT molecular complexity index is 2940. The average Bonchev–Trinajstić information content (AvgIpc) is 1.23. The molecule has 25 nitrogen and oxygen atoms in total. The van der Waals surface area contributed by atoms with Crippen LogP contribution in [0.4, 0.5) is 10.1 Å². The third kappa shape index (κ3) is 12.0. The second-order valence-electron chi connectivity index (χ2n) is 30.3. The van der Waals surface area contributed by atoms with Crippen molar-refractivity contribution in [2.45, 2.75) is 262 Å². The Balaban J connectivity index is 0.669. The Morgan fingerprint density at radius 1 is 0.479 bits per heavy atom. The SMILES string of the molecule is C[C@H]1[C@H](OC(=O)CCC(=O)OCC(COC(=O)CCC(=O)O[C@@H]2O[C@@H]3O[C@@]4(C)CC[C@H]5[C@H](C)CC[C@@H]([C@H]2C)[C@@]35OO4)(COC(=O)CCC(=O)O[C@@H]2O[C@@H]3O[C@@]4(C)CC[C@H]5[C@H](C)CC[C@@](C)([C@H]2C)[C@@]35OO4)Nc2cccc(F)c2)O[C@@H]2O[C@@]3(C)CC[C@H]4[C@H](C)CC[C@@H]1[C@@]24OO3. The summed E-state index contributed by atoms with van der Waals surface area (Å²) in [6.07, 6.45) is 0.598. The lowest BCUT2D eigenvalue weighted by atomic mass is 9.50. The summed E-state index contributed by atoms with van der Waals surface area (Å²) in [5, 5.41) is 3.07. The number of rotatable bonds is 20. The van der Waals surface area contributed by atoms with Crippen LogP contribution in [0.15, 0.2) is 24.3 Å². The molecule has 3 aliphatic carbocycles. The summed E-state index contributed by atoms with van der Waals surface area (Å²) >= 11 is 0. The second kappa shape index (κ2) is 25.5. The van der Waals surface area contributed by atoms with E-state index in [1.54, 1.807) is 20.8 Å². The third-order valence-electron chi connectivity index (χ3n) is 24.2. The minimum Gasteiger partial charge on any atom is -0.463 e.